The van der Waals surface area contributed by atoms with Gasteiger partial charge in [0.1, 0.15) is 6.61 Å². The Bertz CT molecular complexity index is 745. The number of rotatable bonds is 5. The molecule has 1 unspecified atom stereocenters. The summed E-state index contributed by atoms with van der Waals surface area (Å²) in [4.78, 5) is 12.5. The van der Waals surface area contributed by atoms with Crippen molar-refractivity contribution in [1.29, 1.82) is 0 Å². The van der Waals surface area contributed by atoms with E-state index in [0.717, 1.165) is 25.0 Å². The molecule has 25 heavy (non-hydrogen) atoms. The van der Waals surface area contributed by atoms with Crippen LogP contribution in [0.1, 0.15) is 78.1 Å². The van der Waals surface area contributed by atoms with E-state index in [1.165, 1.54) is 31.2 Å². The zero-order valence-corrected chi connectivity index (χ0v) is 14.5. The summed E-state index contributed by atoms with van der Waals surface area (Å²) in [6.07, 6.45) is 10.2. The summed E-state index contributed by atoms with van der Waals surface area (Å²) < 4.78 is 12.2. The minimum Gasteiger partial charge on any atom is -0.377 e. The van der Waals surface area contributed by atoms with E-state index >= 15 is 0 Å². The summed E-state index contributed by atoms with van der Waals surface area (Å²) in [5.41, 5.74) is 2.57. The van der Waals surface area contributed by atoms with Gasteiger partial charge in [-0.1, -0.05) is 18.0 Å². The Morgan fingerprint density at radius 2 is 2.20 bits per heavy atom. The van der Waals surface area contributed by atoms with Crippen molar-refractivity contribution in [2.24, 2.45) is 0 Å². The van der Waals surface area contributed by atoms with Gasteiger partial charge in [0.2, 0.25) is 0 Å². The van der Waals surface area contributed by atoms with Crippen LogP contribution in [0.2, 0.25) is 0 Å². The molecule has 0 aromatic carbocycles. The molecule has 7 heteroatoms. The molecule has 0 radical (unpaired) electrons. The van der Waals surface area contributed by atoms with Crippen LogP contribution in [0, 0.1) is 0 Å². The molecule has 4 rings (SSSR count). The first-order valence-electron chi connectivity index (χ1n) is 9.08. The van der Waals surface area contributed by atoms with Crippen LogP contribution < -0.4 is 5.32 Å². The standard InChI is InChI=1S/C18H24N4O3/c1-24-11-14-9-16(21-25-14)18(23)19-15-8-4-5-12-10-22(20-17(12)15)13-6-2-3-7-13/h9-10,13,15H,2-8,11H2,1H3,(H,19,23). The maximum Gasteiger partial charge on any atom is 0.274 e. The van der Waals surface area contributed by atoms with E-state index < -0.39 is 0 Å². The van der Waals surface area contributed by atoms with Crippen molar-refractivity contribution in [3.8, 4) is 0 Å². The number of carbonyl (C=O) groups is 1. The molecule has 0 aliphatic heterocycles. The molecule has 0 bridgehead atoms. The zero-order chi connectivity index (χ0) is 17.2. The highest BCUT2D eigenvalue weighted by molar-refractivity contribution is 5.92. The molecule has 0 saturated heterocycles. The number of fused-ring (bicyclic) bond motifs is 1. The summed E-state index contributed by atoms with van der Waals surface area (Å²) in [6, 6.07) is 2.09. The number of nitrogens with zero attached hydrogens (tertiary/aromatic N) is 3. The number of hydrogen-bond acceptors (Lipinski definition) is 5. The highest BCUT2D eigenvalue weighted by Gasteiger charge is 2.28. The van der Waals surface area contributed by atoms with Gasteiger partial charge in [-0.05, 0) is 37.7 Å². The van der Waals surface area contributed by atoms with Crippen LogP contribution in [0.5, 0.6) is 0 Å². The normalized spacial score (nSPS) is 20.6. The van der Waals surface area contributed by atoms with E-state index in [0.29, 0.717) is 18.4 Å². The minimum atomic E-state index is -0.223. The Balaban J connectivity index is 1.49. The predicted molar refractivity (Wildman–Crippen MR) is 90.1 cm³/mol. The number of carbonyl (C=O) groups excluding carboxylic acids is 1. The second kappa shape index (κ2) is 7.00. The van der Waals surface area contributed by atoms with Crippen LogP contribution in [0.15, 0.2) is 16.8 Å². The molecule has 2 heterocycles. The largest absolute Gasteiger partial charge is 0.377 e. The summed E-state index contributed by atoms with van der Waals surface area (Å²) in [6.45, 7) is 0.305. The van der Waals surface area contributed by atoms with Crippen molar-refractivity contribution in [3.63, 3.8) is 0 Å². The smallest absolute Gasteiger partial charge is 0.274 e. The Kier molecular flexibility index (Phi) is 4.57. The van der Waals surface area contributed by atoms with Crippen molar-refractivity contribution in [3.05, 3.63) is 35.0 Å². The average molecular weight is 344 g/mol. The van der Waals surface area contributed by atoms with E-state index in [1.807, 2.05) is 0 Å². The second-order valence-electron chi connectivity index (χ2n) is 6.99. The number of aromatic nitrogens is 3. The first-order valence-corrected chi connectivity index (χ1v) is 9.08. The lowest BCUT2D eigenvalue weighted by atomic mass is 9.93. The van der Waals surface area contributed by atoms with Crippen LogP contribution in [-0.2, 0) is 17.8 Å². The second-order valence-corrected chi connectivity index (χ2v) is 6.99. The molecule has 2 aromatic rings. The summed E-state index contributed by atoms with van der Waals surface area (Å²) >= 11 is 0. The molecule has 0 spiro atoms. The molecule has 1 atom stereocenters. The van der Waals surface area contributed by atoms with Gasteiger partial charge < -0.3 is 14.6 Å². The van der Waals surface area contributed by atoms with Gasteiger partial charge in [0, 0.05) is 19.4 Å². The van der Waals surface area contributed by atoms with Gasteiger partial charge in [0.25, 0.3) is 5.91 Å². The summed E-state index contributed by atoms with van der Waals surface area (Å²) in [7, 11) is 1.58. The number of amides is 1. The van der Waals surface area contributed by atoms with E-state index in [9.17, 15) is 4.79 Å². The van der Waals surface area contributed by atoms with Crippen LogP contribution in [0.4, 0.5) is 0 Å². The quantitative estimate of drug-likeness (QED) is 0.902. The van der Waals surface area contributed by atoms with E-state index in [-0.39, 0.29) is 17.6 Å². The van der Waals surface area contributed by atoms with E-state index in [2.05, 4.69) is 21.4 Å². The minimum absolute atomic E-state index is 0.0542. The number of hydrogen-bond donors (Lipinski definition) is 1. The number of methoxy groups -OCH3 is 1. The Morgan fingerprint density at radius 3 is 3.00 bits per heavy atom. The SMILES string of the molecule is COCc1cc(C(=O)NC2CCCc3cn(C4CCCC4)nc32)no1. The summed E-state index contributed by atoms with van der Waals surface area (Å²) in [5.74, 6) is 0.321. The van der Waals surface area contributed by atoms with Crippen LogP contribution in [0.25, 0.3) is 0 Å². The molecule has 2 aliphatic rings. The van der Waals surface area contributed by atoms with Gasteiger partial charge in [-0.25, -0.2) is 0 Å². The highest BCUT2D eigenvalue weighted by Crippen LogP contribution is 2.33. The lowest BCUT2D eigenvalue weighted by Crippen LogP contribution is -2.31. The van der Waals surface area contributed by atoms with Gasteiger partial charge in [-0.15, -0.1) is 0 Å². The number of aryl methyl sites for hydroxylation is 1. The van der Waals surface area contributed by atoms with Crippen molar-refractivity contribution in [2.75, 3.05) is 7.11 Å². The lowest BCUT2D eigenvalue weighted by molar-refractivity contribution is 0.0921. The predicted octanol–water partition coefficient (Wildman–Crippen LogP) is 2.94. The molecular weight excluding hydrogens is 320 g/mol. The fourth-order valence-corrected chi connectivity index (χ4v) is 3.92. The maximum absolute atomic E-state index is 12.5. The zero-order valence-electron chi connectivity index (χ0n) is 14.5. The highest BCUT2D eigenvalue weighted by atomic mass is 16.5. The monoisotopic (exact) mass is 344 g/mol. The molecular formula is C18H24N4O3. The molecule has 1 N–H and O–H groups in total. The Morgan fingerprint density at radius 1 is 1.36 bits per heavy atom. The Hall–Kier alpha value is -2.15. The number of nitrogens with one attached hydrogen (secondary N) is 1. The van der Waals surface area contributed by atoms with Gasteiger partial charge in [0.05, 0.1) is 17.8 Å². The molecule has 2 aliphatic carbocycles. The molecule has 1 amide bonds. The first kappa shape index (κ1) is 16.3. The van der Waals surface area contributed by atoms with Crippen LogP contribution in [-0.4, -0.2) is 28.0 Å². The van der Waals surface area contributed by atoms with Gasteiger partial charge in [0.15, 0.2) is 11.5 Å². The molecule has 134 valence electrons. The topological polar surface area (TPSA) is 82.2 Å². The number of ether oxygens (including phenoxy) is 1. The van der Waals surface area contributed by atoms with E-state index in [1.54, 1.807) is 13.2 Å². The molecule has 1 saturated carbocycles. The molecule has 2 aromatic heterocycles. The third-order valence-corrected chi connectivity index (χ3v) is 5.19. The first-order chi connectivity index (χ1) is 12.2. The molecule has 1 fully saturated rings. The third-order valence-electron chi connectivity index (χ3n) is 5.19. The average Bonchev–Trinajstić information content (AvgIpc) is 3.35. The summed E-state index contributed by atoms with van der Waals surface area (Å²) in [5, 5.41) is 11.7. The van der Waals surface area contributed by atoms with Crippen molar-refractivity contribution < 1.29 is 14.1 Å². The maximum atomic E-state index is 12.5. The fourth-order valence-electron chi connectivity index (χ4n) is 3.92. The molecule has 7 nitrogen and oxygen atoms in total. The van der Waals surface area contributed by atoms with Gasteiger partial charge in [-0.2, -0.15) is 5.10 Å². The van der Waals surface area contributed by atoms with Crippen molar-refractivity contribution in [1.82, 2.24) is 20.3 Å². The fraction of sp³-hybridized carbons (Fsp3) is 0.611. The van der Waals surface area contributed by atoms with Crippen LogP contribution >= 0.6 is 0 Å². The Labute approximate surface area is 146 Å². The van der Waals surface area contributed by atoms with Crippen LogP contribution in [0.3, 0.4) is 0 Å². The third kappa shape index (κ3) is 3.33. The van der Waals surface area contributed by atoms with Crippen molar-refractivity contribution in [2.45, 2.75) is 63.6 Å². The van der Waals surface area contributed by atoms with E-state index in [4.69, 9.17) is 14.4 Å². The van der Waals surface area contributed by atoms with Gasteiger partial charge >= 0.3 is 0 Å². The van der Waals surface area contributed by atoms with Gasteiger partial charge in [-0.3, -0.25) is 9.48 Å². The lowest BCUT2D eigenvalue weighted by Gasteiger charge is -2.21. The van der Waals surface area contributed by atoms with Crippen molar-refractivity contribution >= 4 is 5.91 Å².